The number of allylic oxidation sites excluding steroid dienone is 2. The first-order valence-electron chi connectivity index (χ1n) is 12.7. The molecule has 1 saturated heterocycles. The smallest absolute Gasteiger partial charge is 0.352 e. The van der Waals surface area contributed by atoms with Crippen molar-refractivity contribution >= 4 is 69.2 Å². The number of nitrogens with one attached hydrogen (secondary N) is 1. The number of aromatic nitrogens is 3. The van der Waals surface area contributed by atoms with Crippen LogP contribution in [0.2, 0.25) is 0 Å². The predicted octanol–water partition coefficient (Wildman–Crippen LogP) is 1.57. The Balaban J connectivity index is 1.26. The molecule has 0 aromatic carbocycles. The van der Waals surface area contributed by atoms with Crippen LogP contribution in [0.25, 0.3) is 11.3 Å². The van der Waals surface area contributed by atoms with Crippen LogP contribution >= 0.6 is 34.6 Å². The molecule has 0 radical (unpaired) electrons. The lowest BCUT2D eigenvalue weighted by molar-refractivity contribution is -0.686. The maximum absolute atomic E-state index is 13.1. The number of fused-ring (bicyclic) bond motifs is 1. The molecule has 3 aromatic heterocycles. The summed E-state index contributed by atoms with van der Waals surface area (Å²) in [5.74, 6) is -3.22. The molecule has 5 rings (SSSR count). The Morgan fingerprint density at radius 2 is 2.05 bits per heavy atom. The van der Waals surface area contributed by atoms with Crippen LogP contribution < -0.4 is 15.6 Å². The molecule has 0 bridgehead atoms. The minimum absolute atomic E-state index is 0.135. The topological polar surface area (TPSA) is 201 Å². The van der Waals surface area contributed by atoms with Crippen LogP contribution in [0.5, 0.6) is 0 Å². The standard InChI is InChI=1S/C26H23N7O7S3/c1-2-40-30-18(16-12-42-26(27)28-16)21(34)29-19-22(35)33-20(25(38)39)14(11-41-23(19)33)4-3-7-32-8-5-13(6-9-32)15-10-17(24(36)37)43-31-15/h3-6,8-10,12,19,23H,2,7,11H2,1H3,(H4-,27,28,29,34,36,37,38,39)/p+1/b4-3+,30-18-. The van der Waals surface area contributed by atoms with Crippen molar-refractivity contribution < 1.29 is 38.8 Å². The molecule has 2 amide bonds. The zero-order valence-corrected chi connectivity index (χ0v) is 24.8. The molecule has 2 unspecified atom stereocenters. The Hall–Kier alpha value is -4.61. The molecule has 5 heterocycles. The summed E-state index contributed by atoms with van der Waals surface area (Å²) in [6, 6.07) is 4.16. The predicted molar refractivity (Wildman–Crippen MR) is 158 cm³/mol. The average Bonchev–Trinajstić information content (AvgIpc) is 3.66. The van der Waals surface area contributed by atoms with Crippen molar-refractivity contribution in [2.45, 2.75) is 24.9 Å². The summed E-state index contributed by atoms with van der Waals surface area (Å²) >= 11 is 3.37. The van der Waals surface area contributed by atoms with E-state index in [0.717, 1.165) is 28.4 Å². The van der Waals surface area contributed by atoms with Crippen molar-refractivity contribution in [2.75, 3.05) is 18.1 Å². The first-order valence-corrected chi connectivity index (χ1v) is 15.4. The van der Waals surface area contributed by atoms with Gasteiger partial charge in [-0.3, -0.25) is 14.5 Å². The number of nitrogen functional groups attached to an aromatic ring is 1. The first kappa shape index (κ1) is 29.9. The second-order valence-corrected chi connectivity index (χ2v) is 11.8. The van der Waals surface area contributed by atoms with Crippen molar-refractivity contribution in [1.82, 2.24) is 19.6 Å². The van der Waals surface area contributed by atoms with Crippen molar-refractivity contribution in [1.29, 1.82) is 0 Å². The van der Waals surface area contributed by atoms with E-state index in [2.05, 4.69) is 19.8 Å². The van der Waals surface area contributed by atoms with Crippen molar-refractivity contribution in [2.24, 2.45) is 5.16 Å². The Morgan fingerprint density at radius 3 is 2.67 bits per heavy atom. The molecule has 43 heavy (non-hydrogen) atoms. The van der Waals surface area contributed by atoms with Gasteiger partial charge in [-0.1, -0.05) is 11.2 Å². The fourth-order valence-electron chi connectivity index (χ4n) is 4.29. The number of rotatable bonds is 11. The highest BCUT2D eigenvalue weighted by Gasteiger charge is 2.54. The minimum atomic E-state index is -1.25. The van der Waals surface area contributed by atoms with E-state index in [1.165, 1.54) is 22.7 Å². The van der Waals surface area contributed by atoms with E-state index in [0.29, 0.717) is 23.6 Å². The summed E-state index contributed by atoms with van der Waals surface area (Å²) in [6.07, 6.45) is 7.05. The molecular formula is C26H24N7O7S3+. The van der Waals surface area contributed by atoms with E-state index < -0.39 is 35.2 Å². The zero-order chi connectivity index (χ0) is 30.7. The fraction of sp³-hybridized carbons (Fsp3) is 0.231. The number of hydrogen-bond acceptors (Lipinski definition) is 12. The largest absolute Gasteiger partial charge is 0.477 e. The number of thiazole rings is 1. The second-order valence-electron chi connectivity index (χ2n) is 9.04. The number of aliphatic carboxylic acids is 1. The van der Waals surface area contributed by atoms with Crippen LogP contribution in [-0.4, -0.2) is 77.7 Å². The fourth-order valence-corrected chi connectivity index (χ4v) is 6.75. The number of hydrogen-bond donors (Lipinski definition) is 4. The number of carboxylic acid groups (broad SMARTS) is 2. The van der Waals surface area contributed by atoms with Gasteiger partial charge in [-0.15, -0.1) is 23.1 Å². The Labute approximate surface area is 256 Å². The van der Waals surface area contributed by atoms with Crippen LogP contribution in [0.15, 0.2) is 64.6 Å². The highest BCUT2D eigenvalue weighted by Crippen LogP contribution is 2.40. The molecule has 14 nitrogen and oxygen atoms in total. The molecule has 2 aliphatic heterocycles. The highest BCUT2D eigenvalue weighted by atomic mass is 32.2. The number of carboxylic acids is 2. The summed E-state index contributed by atoms with van der Waals surface area (Å²) in [7, 11) is 0. The van der Waals surface area contributed by atoms with Gasteiger partial charge in [-0.2, -0.15) is 4.37 Å². The van der Waals surface area contributed by atoms with E-state index in [9.17, 15) is 24.3 Å². The van der Waals surface area contributed by atoms with Crippen LogP contribution in [-0.2, 0) is 25.8 Å². The number of nitrogens with two attached hydrogens (primary N) is 1. The molecule has 0 spiro atoms. The summed E-state index contributed by atoms with van der Waals surface area (Å²) in [5, 5.41) is 26.7. The van der Waals surface area contributed by atoms with Crippen molar-refractivity contribution in [3.8, 4) is 11.3 Å². The van der Waals surface area contributed by atoms with Gasteiger partial charge in [0.15, 0.2) is 29.8 Å². The van der Waals surface area contributed by atoms with Gasteiger partial charge in [0.25, 0.3) is 11.8 Å². The molecule has 2 aliphatic rings. The zero-order valence-electron chi connectivity index (χ0n) is 22.4. The molecule has 1 fully saturated rings. The summed E-state index contributed by atoms with van der Waals surface area (Å²) in [6.45, 7) is 2.32. The number of aromatic carboxylic acids is 1. The molecular weight excluding hydrogens is 619 g/mol. The molecule has 2 atom stereocenters. The number of anilines is 1. The number of nitrogens with zero attached hydrogens (tertiary/aromatic N) is 5. The molecule has 0 saturated carbocycles. The first-order chi connectivity index (χ1) is 20.7. The van der Waals surface area contributed by atoms with E-state index in [-0.39, 0.29) is 33.7 Å². The van der Waals surface area contributed by atoms with Gasteiger partial charge in [0, 0.05) is 28.8 Å². The summed E-state index contributed by atoms with van der Waals surface area (Å²) < 4.78 is 6.02. The van der Waals surface area contributed by atoms with Gasteiger partial charge in [0.1, 0.15) is 34.3 Å². The van der Waals surface area contributed by atoms with Gasteiger partial charge in [-0.05, 0) is 36.2 Å². The quantitative estimate of drug-likeness (QED) is 0.102. The van der Waals surface area contributed by atoms with Crippen LogP contribution in [0.3, 0.4) is 0 Å². The number of β-lactam (4-membered cyclic amide) rings is 1. The maximum atomic E-state index is 13.1. The SMILES string of the molecule is CCO/N=C(\C(=O)NC1C(=O)N2C(C(=O)O)=C(/C=C/C[n+]3ccc(-c4cc(C(=O)O)sn4)cc3)CSC12)c1csc(N)n1. The van der Waals surface area contributed by atoms with Crippen LogP contribution in [0, 0.1) is 0 Å². The van der Waals surface area contributed by atoms with Crippen molar-refractivity contribution in [3.05, 3.63) is 70.0 Å². The third-order valence-electron chi connectivity index (χ3n) is 6.29. The summed E-state index contributed by atoms with van der Waals surface area (Å²) in [4.78, 5) is 59.9. The average molecular weight is 643 g/mol. The monoisotopic (exact) mass is 642 g/mol. The third-order valence-corrected chi connectivity index (χ3v) is 9.05. The van der Waals surface area contributed by atoms with Gasteiger partial charge in [-0.25, -0.2) is 19.1 Å². The summed E-state index contributed by atoms with van der Waals surface area (Å²) in [5.41, 5.74) is 7.41. The lowest BCUT2D eigenvalue weighted by Crippen LogP contribution is -2.71. The third kappa shape index (κ3) is 6.27. The highest BCUT2D eigenvalue weighted by molar-refractivity contribution is 8.00. The van der Waals surface area contributed by atoms with Gasteiger partial charge in [0.2, 0.25) is 0 Å². The molecule has 222 valence electrons. The van der Waals surface area contributed by atoms with E-state index in [1.807, 2.05) is 4.57 Å². The molecule has 5 N–H and O–H groups in total. The number of pyridine rings is 1. The second kappa shape index (κ2) is 12.7. The number of carbonyl (C=O) groups excluding carboxylic acids is 2. The molecule has 0 aliphatic carbocycles. The number of amides is 2. The van der Waals surface area contributed by atoms with Crippen molar-refractivity contribution in [3.63, 3.8) is 0 Å². The molecule has 17 heteroatoms. The van der Waals surface area contributed by atoms with E-state index >= 15 is 0 Å². The van der Waals surface area contributed by atoms with E-state index in [1.54, 1.807) is 49.0 Å². The normalized spacial score (nSPS) is 18.4. The minimum Gasteiger partial charge on any atom is -0.477 e. The van der Waals surface area contributed by atoms with Crippen LogP contribution in [0.4, 0.5) is 5.13 Å². The van der Waals surface area contributed by atoms with E-state index in [4.69, 9.17) is 15.7 Å². The van der Waals surface area contributed by atoms with Gasteiger partial charge >= 0.3 is 11.9 Å². The molecule has 3 aromatic rings. The lowest BCUT2D eigenvalue weighted by Gasteiger charge is -2.49. The van der Waals surface area contributed by atoms with Gasteiger partial charge in [0.05, 0.1) is 5.69 Å². The maximum Gasteiger partial charge on any atom is 0.352 e. The Morgan fingerprint density at radius 1 is 1.28 bits per heavy atom. The number of oxime groups is 1. The lowest BCUT2D eigenvalue weighted by atomic mass is 10.0. The van der Waals surface area contributed by atoms with Gasteiger partial charge < -0.3 is 26.1 Å². The Kier molecular flexibility index (Phi) is 8.84. The van der Waals surface area contributed by atoms with Crippen LogP contribution in [0.1, 0.15) is 22.3 Å². The number of carbonyl (C=O) groups is 4. The number of thioether (sulfide) groups is 1. The Bertz CT molecular complexity index is 1680.